The predicted octanol–water partition coefficient (Wildman–Crippen LogP) is 0.784. The number of rotatable bonds is 6. The van der Waals surface area contributed by atoms with Gasteiger partial charge in [-0.15, -0.1) is 0 Å². The van der Waals surface area contributed by atoms with Crippen molar-refractivity contribution in [1.29, 1.82) is 0 Å². The molecule has 104 valence electrons. The molecule has 1 rings (SSSR count). The molecule has 0 aromatic heterocycles. The fourth-order valence-corrected chi connectivity index (χ4v) is 1.95. The maximum absolute atomic E-state index is 12.1. The van der Waals surface area contributed by atoms with Crippen molar-refractivity contribution in [3.05, 3.63) is 0 Å². The zero-order valence-electron chi connectivity index (χ0n) is 11.7. The molecule has 0 bridgehead atoms. The highest BCUT2D eigenvalue weighted by atomic mass is 16.5. The number of carbonyl (C=O) groups is 2. The normalized spacial score (nSPS) is 24.6. The summed E-state index contributed by atoms with van der Waals surface area (Å²) in [6.07, 6.45) is 0.626. The Morgan fingerprint density at radius 1 is 1.39 bits per heavy atom. The zero-order valence-corrected chi connectivity index (χ0v) is 11.7. The van der Waals surface area contributed by atoms with Gasteiger partial charge in [-0.3, -0.25) is 9.59 Å². The summed E-state index contributed by atoms with van der Waals surface area (Å²) in [5.41, 5.74) is 0. The van der Waals surface area contributed by atoms with Crippen molar-refractivity contribution in [2.75, 3.05) is 19.8 Å². The van der Waals surface area contributed by atoms with Crippen LogP contribution in [0.15, 0.2) is 0 Å². The van der Waals surface area contributed by atoms with E-state index in [2.05, 4.69) is 19.2 Å². The summed E-state index contributed by atoms with van der Waals surface area (Å²) in [5, 5.41) is 2.73. The molecule has 5 nitrogen and oxygen atoms in total. The third-order valence-electron chi connectivity index (χ3n) is 3.08. The molecule has 0 saturated carbocycles. The minimum Gasteiger partial charge on any atom is -0.379 e. The van der Waals surface area contributed by atoms with Gasteiger partial charge in [-0.1, -0.05) is 20.8 Å². The van der Waals surface area contributed by atoms with Crippen molar-refractivity contribution in [2.45, 2.75) is 46.2 Å². The molecule has 1 fully saturated rings. The maximum atomic E-state index is 12.1. The number of nitrogens with one attached hydrogen (secondary N) is 1. The first-order valence-corrected chi connectivity index (χ1v) is 6.66. The second kappa shape index (κ2) is 6.73. The Hall–Kier alpha value is -1.10. The van der Waals surface area contributed by atoms with E-state index in [1.807, 2.05) is 6.92 Å². The summed E-state index contributed by atoms with van der Waals surface area (Å²) in [6, 6.07) is -0.776. The van der Waals surface area contributed by atoms with E-state index in [9.17, 15) is 9.59 Å². The number of amides is 2. The SMILES string of the molecule is CCC1NC(=O)C(C)N(CCOCC(C)C)C1=O. The summed E-state index contributed by atoms with van der Waals surface area (Å²) >= 11 is 0. The van der Waals surface area contributed by atoms with Gasteiger partial charge in [-0.2, -0.15) is 0 Å². The second-order valence-electron chi connectivity index (χ2n) is 5.15. The van der Waals surface area contributed by atoms with E-state index in [-0.39, 0.29) is 17.9 Å². The van der Waals surface area contributed by atoms with Gasteiger partial charge >= 0.3 is 0 Å². The van der Waals surface area contributed by atoms with Crippen LogP contribution in [0.25, 0.3) is 0 Å². The summed E-state index contributed by atoms with van der Waals surface area (Å²) < 4.78 is 5.47. The molecule has 1 N–H and O–H groups in total. The number of carbonyl (C=O) groups excluding carboxylic acids is 2. The lowest BCUT2D eigenvalue weighted by atomic mass is 10.1. The Labute approximate surface area is 109 Å². The smallest absolute Gasteiger partial charge is 0.245 e. The largest absolute Gasteiger partial charge is 0.379 e. The van der Waals surface area contributed by atoms with E-state index in [4.69, 9.17) is 4.74 Å². The fraction of sp³-hybridized carbons (Fsp3) is 0.846. The van der Waals surface area contributed by atoms with Gasteiger partial charge in [0.2, 0.25) is 11.8 Å². The molecule has 0 radical (unpaired) electrons. The van der Waals surface area contributed by atoms with Crippen molar-refractivity contribution in [1.82, 2.24) is 10.2 Å². The Balaban J connectivity index is 2.49. The van der Waals surface area contributed by atoms with Crippen molar-refractivity contribution in [3.63, 3.8) is 0 Å². The quantitative estimate of drug-likeness (QED) is 0.715. The molecule has 0 aromatic carbocycles. The molecule has 0 aromatic rings. The third kappa shape index (κ3) is 3.70. The molecule has 1 heterocycles. The second-order valence-corrected chi connectivity index (χ2v) is 5.15. The van der Waals surface area contributed by atoms with E-state index in [0.717, 1.165) is 0 Å². The monoisotopic (exact) mass is 256 g/mol. The minimum atomic E-state index is -0.400. The number of hydrogen-bond donors (Lipinski definition) is 1. The number of hydrogen-bond acceptors (Lipinski definition) is 3. The maximum Gasteiger partial charge on any atom is 0.245 e. The summed E-state index contributed by atoms with van der Waals surface area (Å²) in [5.74, 6) is 0.397. The number of nitrogens with zero attached hydrogens (tertiary/aromatic N) is 1. The van der Waals surface area contributed by atoms with Gasteiger partial charge in [-0.05, 0) is 19.3 Å². The Kier molecular flexibility index (Phi) is 5.59. The molecule has 1 aliphatic rings. The zero-order chi connectivity index (χ0) is 13.7. The van der Waals surface area contributed by atoms with Crippen LogP contribution in [0.4, 0.5) is 0 Å². The van der Waals surface area contributed by atoms with Crippen molar-refractivity contribution < 1.29 is 14.3 Å². The molecular weight excluding hydrogens is 232 g/mol. The average molecular weight is 256 g/mol. The highest BCUT2D eigenvalue weighted by molar-refractivity contribution is 5.96. The van der Waals surface area contributed by atoms with Gasteiger partial charge in [0.15, 0.2) is 0 Å². The van der Waals surface area contributed by atoms with Crippen LogP contribution in [0, 0.1) is 5.92 Å². The highest BCUT2D eigenvalue weighted by Crippen LogP contribution is 2.11. The first-order chi connectivity index (χ1) is 8.47. The van der Waals surface area contributed by atoms with E-state index in [0.29, 0.717) is 32.1 Å². The van der Waals surface area contributed by atoms with Crippen LogP contribution in [-0.2, 0) is 14.3 Å². The van der Waals surface area contributed by atoms with Crippen LogP contribution >= 0.6 is 0 Å². The molecule has 2 atom stereocenters. The van der Waals surface area contributed by atoms with Crippen LogP contribution in [-0.4, -0.2) is 48.6 Å². The molecule has 5 heteroatoms. The van der Waals surface area contributed by atoms with E-state index in [1.54, 1.807) is 11.8 Å². The van der Waals surface area contributed by atoms with Gasteiger partial charge in [-0.25, -0.2) is 0 Å². The molecule has 2 amide bonds. The number of piperazine rings is 1. The molecule has 1 saturated heterocycles. The van der Waals surface area contributed by atoms with Gasteiger partial charge in [0.25, 0.3) is 0 Å². The highest BCUT2D eigenvalue weighted by Gasteiger charge is 2.36. The lowest BCUT2D eigenvalue weighted by Crippen LogP contribution is -2.62. The molecule has 0 aliphatic carbocycles. The van der Waals surface area contributed by atoms with Crippen molar-refractivity contribution in [3.8, 4) is 0 Å². The van der Waals surface area contributed by atoms with Gasteiger partial charge < -0.3 is 15.0 Å². The molecule has 18 heavy (non-hydrogen) atoms. The average Bonchev–Trinajstić information content (AvgIpc) is 2.32. The van der Waals surface area contributed by atoms with Crippen molar-refractivity contribution in [2.24, 2.45) is 5.92 Å². The lowest BCUT2D eigenvalue weighted by molar-refractivity contribution is -0.149. The Bertz CT molecular complexity index is 305. The molecule has 2 unspecified atom stereocenters. The molecular formula is C13H24N2O3. The van der Waals surface area contributed by atoms with Gasteiger partial charge in [0.05, 0.1) is 6.61 Å². The Morgan fingerprint density at radius 2 is 2.06 bits per heavy atom. The summed E-state index contributed by atoms with van der Waals surface area (Å²) in [4.78, 5) is 25.4. The molecule has 0 spiro atoms. The summed E-state index contributed by atoms with van der Waals surface area (Å²) in [6.45, 7) is 9.45. The van der Waals surface area contributed by atoms with Crippen LogP contribution in [0.5, 0.6) is 0 Å². The minimum absolute atomic E-state index is 0.00209. The topological polar surface area (TPSA) is 58.6 Å². The van der Waals surface area contributed by atoms with Crippen LogP contribution < -0.4 is 5.32 Å². The van der Waals surface area contributed by atoms with Crippen LogP contribution in [0.3, 0.4) is 0 Å². The van der Waals surface area contributed by atoms with E-state index in [1.165, 1.54) is 0 Å². The van der Waals surface area contributed by atoms with Gasteiger partial charge in [0.1, 0.15) is 12.1 Å². The van der Waals surface area contributed by atoms with Crippen LogP contribution in [0.2, 0.25) is 0 Å². The van der Waals surface area contributed by atoms with E-state index < -0.39 is 6.04 Å². The van der Waals surface area contributed by atoms with Crippen molar-refractivity contribution >= 4 is 11.8 Å². The number of ether oxygens (including phenoxy) is 1. The molecule has 1 aliphatic heterocycles. The third-order valence-corrected chi connectivity index (χ3v) is 3.08. The Morgan fingerprint density at radius 3 is 2.61 bits per heavy atom. The lowest BCUT2D eigenvalue weighted by Gasteiger charge is -2.37. The first kappa shape index (κ1) is 15.0. The predicted molar refractivity (Wildman–Crippen MR) is 69.1 cm³/mol. The standard InChI is InChI=1S/C13H24N2O3/c1-5-11-13(17)15(10(4)12(16)14-11)6-7-18-8-9(2)3/h9-11H,5-8H2,1-4H3,(H,14,16). The fourth-order valence-electron chi connectivity index (χ4n) is 1.95. The first-order valence-electron chi connectivity index (χ1n) is 6.66. The summed E-state index contributed by atoms with van der Waals surface area (Å²) in [7, 11) is 0. The van der Waals surface area contributed by atoms with Crippen LogP contribution in [0.1, 0.15) is 34.1 Å². The van der Waals surface area contributed by atoms with E-state index >= 15 is 0 Å². The van der Waals surface area contributed by atoms with Gasteiger partial charge in [0, 0.05) is 13.2 Å².